The predicted molar refractivity (Wildman–Crippen MR) is 119 cm³/mol. The molecule has 1 saturated heterocycles. The van der Waals surface area contributed by atoms with E-state index in [2.05, 4.69) is 0 Å². The third-order valence-corrected chi connectivity index (χ3v) is 6.19. The lowest BCUT2D eigenvalue weighted by Gasteiger charge is -2.27. The molecule has 1 fully saturated rings. The van der Waals surface area contributed by atoms with E-state index >= 15 is 0 Å². The van der Waals surface area contributed by atoms with Gasteiger partial charge in [-0.2, -0.15) is 0 Å². The maximum absolute atomic E-state index is 12.9. The fourth-order valence-corrected chi connectivity index (χ4v) is 4.51. The number of carbonyl (C=O) groups is 1. The Balaban J connectivity index is 1.42. The summed E-state index contributed by atoms with van der Waals surface area (Å²) in [4.78, 5) is 19.6. The van der Waals surface area contributed by atoms with Gasteiger partial charge in [-0.1, -0.05) is 30.0 Å². The van der Waals surface area contributed by atoms with Crippen LogP contribution in [0.15, 0.2) is 53.7 Å². The number of amides is 1. The molecule has 158 valence electrons. The number of likely N-dealkylation sites (tertiary alicyclic amines) is 1. The molecule has 0 aliphatic carbocycles. The number of thioether (sulfide) groups is 1. The van der Waals surface area contributed by atoms with Crippen LogP contribution in [-0.2, 0) is 11.3 Å². The van der Waals surface area contributed by atoms with Crippen molar-refractivity contribution in [1.29, 1.82) is 0 Å². The van der Waals surface area contributed by atoms with Crippen molar-refractivity contribution in [2.75, 3.05) is 32.6 Å². The topological polar surface area (TPSA) is 56.6 Å². The lowest BCUT2D eigenvalue weighted by molar-refractivity contribution is -0.132. The summed E-state index contributed by atoms with van der Waals surface area (Å²) in [6.07, 6.45) is 3.41. The van der Waals surface area contributed by atoms with Gasteiger partial charge < -0.3 is 18.9 Å². The Hall–Kier alpha value is -2.67. The predicted octanol–water partition coefficient (Wildman–Crippen LogP) is 4.23. The van der Waals surface area contributed by atoms with Crippen molar-refractivity contribution in [3.63, 3.8) is 0 Å². The standard InChI is InChI=1S/C23H27N3O3S/c1-28-18-8-7-9-19(16-18)29-14-15-30-23-24-20-10-3-4-11-21(20)26(23)17-22(27)25-12-5-2-6-13-25/h3-4,7-11,16H,2,5-6,12-15,17H2,1H3. The number of rotatable bonds is 8. The molecule has 4 rings (SSSR count). The highest BCUT2D eigenvalue weighted by Crippen LogP contribution is 2.25. The number of benzene rings is 2. The van der Waals surface area contributed by atoms with Gasteiger partial charge in [0.2, 0.25) is 5.91 Å². The zero-order chi connectivity index (χ0) is 20.8. The first-order chi connectivity index (χ1) is 14.7. The average Bonchev–Trinajstić information content (AvgIpc) is 3.14. The highest BCUT2D eigenvalue weighted by atomic mass is 32.2. The van der Waals surface area contributed by atoms with Crippen LogP contribution in [-0.4, -0.2) is 52.9 Å². The molecule has 0 N–H and O–H groups in total. The van der Waals surface area contributed by atoms with Crippen molar-refractivity contribution >= 4 is 28.7 Å². The first-order valence-corrected chi connectivity index (χ1v) is 11.4. The number of hydrogen-bond donors (Lipinski definition) is 0. The van der Waals surface area contributed by atoms with Crippen LogP contribution in [0, 0.1) is 0 Å². The highest BCUT2D eigenvalue weighted by molar-refractivity contribution is 7.99. The van der Waals surface area contributed by atoms with E-state index in [9.17, 15) is 4.79 Å². The van der Waals surface area contributed by atoms with Gasteiger partial charge in [-0.15, -0.1) is 0 Å². The number of ether oxygens (including phenoxy) is 2. The molecule has 0 atom stereocenters. The van der Waals surface area contributed by atoms with Gasteiger partial charge in [-0.25, -0.2) is 4.98 Å². The Bertz CT molecular complexity index is 998. The average molecular weight is 426 g/mol. The van der Waals surface area contributed by atoms with Crippen LogP contribution in [0.3, 0.4) is 0 Å². The summed E-state index contributed by atoms with van der Waals surface area (Å²) in [5, 5.41) is 0.857. The van der Waals surface area contributed by atoms with E-state index in [0.717, 1.165) is 59.4 Å². The van der Waals surface area contributed by atoms with Crippen molar-refractivity contribution in [1.82, 2.24) is 14.5 Å². The van der Waals surface area contributed by atoms with Gasteiger partial charge in [0.05, 0.1) is 24.8 Å². The molecule has 1 amide bonds. The molecule has 6 nitrogen and oxygen atoms in total. The molecule has 1 aliphatic heterocycles. The number of hydrogen-bond acceptors (Lipinski definition) is 5. The summed E-state index contributed by atoms with van der Waals surface area (Å²) < 4.78 is 13.1. The zero-order valence-corrected chi connectivity index (χ0v) is 18.1. The summed E-state index contributed by atoms with van der Waals surface area (Å²) in [6, 6.07) is 15.6. The van der Waals surface area contributed by atoms with Crippen molar-refractivity contribution in [3.8, 4) is 11.5 Å². The number of piperidine rings is 1. The highest BCUT2D eigenvalue weighted by Gasteiger charge is 2.20. The molecular formula is C23H27N3O3S. The number of imidazole rings is 1. The lowest BCUT2D eigenvalue weighted by atomic mass is 10.1. The van der Waals surface area contributed by atoms with Crippen LogP contribution < -0.4 is 9.47 Å². The monoisotopic (exact) mass is 425 g/mol. The largest absolute Gasteiger partial charge is 0.497 e. The first-order valence-electron chi connectivity index (χ1n) is 10.4. The van der Waals surface area contributed by atoms with Crippen molar-refractivity contribution < 1.29 is 14.3 Å². The summed E-state index contributed by atoms with van der Waals surface area (Å²) in [5.41, 5.74) is 1.92. The number of para-hydroxylation sites is 2. The molecule has 0 radical (unpaired) electrons. The van der Waals surface area contributed by atoms with Gasteiger partial charge in [-0.05, 0) is 43.5 Å². The fraction of sp³-hybridized carbons (Fsp3) is 0.391. The second-order valence-corrected chi connectivity index (χ2v) is 8.35. The Kier molecular flexibility index (Phi) is 6.79. The smallest absolute Gasteiger partial charge is 0.242 e. The maximum Gasteiger partial charge on any atom is 0.242 e. The molecule has 2 heterocycles. The first kappa shape index (κ1) is 20.6. The van der Waals surface area contributed by atoms with E-state index < -0.39 is 0 Å². The van der Waals surface area contributed by atoms with Gasteiger partial charge in [0.25, 0.3) is 0 Å². The third kappa shape index (κ3) is 4.90. The lowest BCUT2D eigenvalue weighted by Crippen LogP contribution is -2.37. The van der Waals surface area contributed by atoms with Crippen LogP contribution in [0.4, 0.5) is 0 Å². The van der Waals surface area contributed by atoms with E-state index in [1.54, 1.807) is 18.9 Å². The van der Waals surface area contributed by atoms with Crippen LogP contribution >= 0.6 is 11.8 Å². The van der Waals surface area contributed by atoms with Crippen LogP contribution in [0.2, 0.25) is 0 Å². The van der Waals surface area contributed by atoms with Crippen molar-refractivity contribution in [2.24, 2.45) is 0 Å². The van der Waals surface area contributed by atoms with Gasteiger partial charge in [0, 0.05) is 24.9 Å². The number of carbonyl (C=O) groups excluding carboxylic acids is 1. The fourth-order valence-electron chi connectivity index (χ4n) is 3.68. The molecule has 3 aromatic rings. The van der Waals surface area contributed by atoms with Gasteiger partial charge in [0.15, 0.2) is 5.16 Å². The van der Waals surface area contributed by atoms with E-state index in [4.69, 9.17) is 14.5 Å². The van der Waals surface area contributed by atoms with Gasteiger partial charge in [0.1, 0.15) is 18.0 Å². The number of methoxy groups -OCH3 is 1. The molecule has 30 heavy (non-hydrogen) atoms. The van der Waals surface area contributed by atoms with Crippen LogP contribution in [0.5, 0.6) is 11.5 Å². The molecule has 2 aromatic carbocycles. The van der Waals surface area contributed by atoms with Gasteiger partial charge in [-0.3, -0.25) is 4.79 Å². The molecule has 0 spiro atoms. The minimum atomic E-state index is 0.173. The summed E-state index contributed by atoms with van der Waals surface area (Å²) >= 11 is 1.62. The van der Waals surface area contributed by atoms with E-state index in [1.807, 2.05) is 58.0 Å². The molecule has 0 unspecified atom stereocenters. The number of nitrogens with zero attached hydrogens (tertiary/aromatic N) is 3. The minimum absolute atomic E-state index is 0.173. The molecule has 1 aromatic heterocycles. The molecular weight excluding hydrogens is 398 g/mol. The second kappa shape index (κ2) is 9.89. The SMILES string of the molecule is COc1cccc(OCCSc2nc3ccccc3n2CC(=O)N2CCCCC2)c1. The molecule has 0 bridgehead atoms. The molecule has 1 aliphatic rings. The number of fused-ring (bicyclic) bond motifs is 1. The normalized spacial score (nSPS) is 14.1. The number of aromatic nitrogens is 2. The Morgan fingerprint density at radius 1 is 1.07 bits per heavy atom. The Labute approximate surface area is 181 Å². The van der Waals surface area contributed by atoms with E-state index in [-0.39, 0.29) is 5.91 Å². The Morgan fingerprint density at radius 3 is 2.70 bits per heavy atom. The van der Waals surface area contributed by atoms with Crippen molar-refractivity contribution in [2.45, 2.75) is 31.0 Å². The summed E-state index contributed by atoms with van der Waals surface area (Å²) in [7, 11) is 1.64. The summed E-state index contributed by atoms with van der Waals surface area (Å²) in [6.45, 7) is 2.60. The van der Waals surface area contributed by atoms with Crippen LogP contribution in [0.25, 0.3) is 11.0 Å². The minimum Gasteiger partial charge on any atom is -0.497 e. The summed E-state index contributed by atoms with van der Waals surface area (Å²) in [5.74, 6) is 2.47. The Morgan fingerprint density at radius 2 is 1.87 bits per heavy atom. The quantitative estimate of drug-likeness (QED) is 0.399. The maximum atomic E-state index is 12.9. The zero-order valence-electron chi connectivity index (χ0n) is 17.3. The van der Waals surface area contributed by atoms with E-state index in [1.165, 1.54) is 6.42 Å². The second-order valence-electron chi connectivity index (χ2n) is 7.29. The molecule has 0 saturated carbocycles. The van der Waals surface area contributed by atoms with Gasteiger partial charge >= 0.3 is 0 Å². The van der Waals surface area contributed by atoms with Crippen molar-refractivity contribution in [3.05, 3.63) is 48.5 Å². The van der Waals surface area contributed by atoms with E-state index in [0.29, 0.717) is 13.2 Å². The van der Waals surface area contributed by atoms with Crippen LogP contribution in [0.1, 0.15) is 19.3 Å². The third-order valence-electron chi connectivity index (χ3n) is 5.25. The molecule has 7 heteroatoms.